The number of amides is 1. The minimum atomic E-state index is -0.998. The van der Waals surface area contributed by atoms with E-state index < -0.39 is 11.9 Å². The molecule has 1 atom stereocenters. The fourth-order valence-corrected chi connectivity index (χ4v) is 1.81. The molecule has 0 aliphatic heterocycles. The maximum atomic E-state index is 12.0. The Hall–Kier alpha value is -2.35. The second-order valence-corrected chi connectivity index (χ2v) is 4.23. The molecule has 0 spiro atoms. The third-order valence-corrected chi connectivity index (χ3v) is 2.73. The molecule has 0 fully saturated rings. The van der Waals surface area contributed by atoms with Gasteiger partial charge in [0.2, 0.25) is 5.91 Å². The number of carboxylic acid groups (broad SMARTS) is 1. The molecule has 0 aliphatic rings. The van der Waals surface area contributed by atoms with Crippen LogP contribution < -0.4 is 5.32 Å². The van der Waals surface area contributed by atoms with Crippen molar-refractivity contribution in [1.82, 2.24) is 0 Å². The molecule has 100 valence electrons. The highest BCUT2D eigenvalue weighted by Gasteiger charge is 2.21. The monoisotopic (exact) mass is 260 g/mol. The Morgan fingerprint density at radius 2 is 2.11 bits per heavy atom. The summed E-state index contributed by atoms with van der Waals surface area (Å²) in [5.74, 6) is -1.93. The molecule has 0 aliphatic carbocycles. The van der Waals surface area contributed by atoms with Gasteiger partial charge < -0.3 is 10.4 Å². The molecule has 1 aromatic rings. The van der Waals surface area contributed by atoms with Crippen molar-refractivity contribution in [2.75, 3.05) is 5.32 Å². The number of carboxylic acids is 1. The van der Waals surface area contributed by atoms with E-state index in [1.807, 2.05) is 13.0 Å². The van der Waals surface area contributed by atoms with Gasteiger partial charge in [0.25, 0.3) is 0 Å². The minimum Gasteiger partial charge on any atom is -0.481 e. The van der Waals surface area contributed by atoms with Gasteiger partial charge in [0, 0.05) is 5.92 Å². The van der Waals surface area contributed by atoms with Gasteiger partial charge >= 0.3 is 5.97 Å². The number of carbonyl (C=O) groups is 2. The van der Waals surface area contributed by atoms with E-state index in [9.17, 15) is 9.59 Å². The number of aliphatic carboxylic acids is 1. The molecule has 1 rings (SSSR count). The Morgan fingerprint density at radius 1 is 1.42 bits per heavy atom. The first-order chi connectivity index (χ1) is 9.08. The first kappa shape index (κ1) is 14.7. The van der Waals surface area contributed by atoms with Crippen LogP contribution in [-0.2, 0) is 9.59 Å². The maximum absolute atomic E-state index is 12.0. The summed E-state index contributed by atoms with van der Waals surface area (Å²) in [6.45, 7) is 1.89. The average Bonchev–Trinajstić information content (AvgIpc) is 2.38. The zero-order valence-electron chi connectivity index (χ0n) is 10.7. The zero-order valence-corrected chi connectivity index (χ0v) is 10.7. The fraction of sp³-hybridized carbons (Fsp3) is 0.357. The molecule has 0 heterocycles. The van der Waals surface area contributed by atoms with Crippen molar-refractivity contribution >= 4 is 17.6 Å². The molecule has 0 saturated heterocycles. The Labute approximate surface area is 111 Å². The normalized spacial score (nSPS) is 11.4. The molecule has 2 N–H and O–H groups in total. The third kappa shape index (κ3) is 4.43. The van der Waals surface area contributed by atoms with Gasteiger partial charge in [-0.15, -0.1) is 0 Å². The Morgan fingerprint density at radius 3 is 2.68 bits per heavy atom. The third-order valence-electron chi connectivity index (χ3n) is 2.73. The Bertz CT molecular complexity index is 506. The van der Waals surface area contributed by atoms with Crippen molar-refractivity contribution in [1.29, 1.82) is 5.26 Å². The van der Waals surface area contributed by atoms with Gasteiger partial charge in [-0.2, -0.15) is 5.26 Å². The summed E-state index contributed by atoms with van der Waals surface area (Å²) in [6, 6.07) is 8.62. The van der Waals surface area contributed by atoms with Gasteiger partial charge in [-0.3, -0.25) is 9.59 Å². The van der Waals surface area contributed by atoms with Crippen LogP contribution in [0.3, 0.4) is 0 Å². The number of hydrogen-bond acceptors (Lipinski definition) is 3. The van der Waals surface area contributed by atoms with E-state index in [1.165, 1.54) is 0 Å². The fourth-order valence-electron chi connectivity index (χ4n) is 1.81. The second kappa shape index (κ2) is 7.17. The molecule has 0 saturated carbocycles. The average molecular weight is 260 g/mol. The van der Waals surface area contributed by atoms with Crippen LogP contribution in [0.1, 0.15) is 31.7 Å². The lowest BCUT2D eigenvalue weighted by Crippen LogP contribution is -2.25. The highest BCUT2D eigenvalue weighted by Crippen LogP contribution is 2.18. The molecule has 1 amide bonds. The standard InChI is InChI=1S/C14H16N2O3/c1-2-5-10(8-13(17)18)14(19)16-12-7-4-3-6-11(12)9-15/h3-4,6-7,10H,2,5,8H2,1H3,(H,16,19)(H,17,18). The highest BCUT2D eigenvalue weighted by molar-refractivity contribution is 5.95. The van der Waals surface area contributed by atoms with Crippen LogP contribution in [-0.4, -0.2) is 17.0 Å². The van der Waals surface area contributed by atoms with Crippen LogP contribution in [0.25, 0.3) is 0 Å². The topological polar surface area (TPSA) is 90.2 Å². The van der Waals surface area contributed by atoms with Gasteiger partial charge in [-0.05, 0) is 18.6 Å². The SMILES string of the molecule is CCCC(CC(=O)O)C(=O)Nc1ccccc1C#N. The van der Waals surface area contributed by atoms with Crippen LogP contribution in [0.5, 0.6) is 0 Å². The number of para-hydroxylation sites is 1. The number of hydrogen-bond donors (Lipinski definition) is 2. The van der Waals surface area contributed by atoms with Gasteiger partial charge in [0.05, 0.1) is 17.7 Å². The van der Waals surface area contributed by atoms with E-state index in [-0.39, 0.29) is 12.3 Å². The Kier molecular flexibility index (Phi) is 5.55. The van der Waals surface area contributed by atoms with Gasteiger partial charge in [0.15, 0.2) is 0 Å². The van der Waals surface area contributed by atoms with E-state index in [0.29, 0.717) is 17.7 Å². The zero-order chi connectivity index (χ0) is 14.3. The summed E-state index contributed by atoms with van der Waals surface area (Å²) in [7, 11) is 0. The summed E-state index contributed by atoms with van der Waals surface area (Å²) >= 11 is 0. The first-order valence-corrected chi connectivity index (χ1v) is 6.10. The molecule has 1 aromatic carbocycles. The van der Waals surface area contributed by atoms with Crippen molar-refractivity contribution in [2.24, 2.45) is 5.92 Å². The summed E-state index contributed by atoms with van der Waals surface area (Å²) < 4.78 is 0. The van der Waals surface area contributed by atoms with Crippen LogP contribution in [0, 0.1) is 17.2 Å². The van der Waals surface area contributed by atoms with Gasteiger partial charge in [-0.25, -0.2) is 0 Å². The van der Waals surface area contributed by atoms with Crippen LogP contribution >= 0.6 is 0 Å². The smallest absolute Gasteiger partial charge is 0.304 e. The lowest BCUT2D eigenvalue weighted by Gasteiger charge is -2.14. The molecule has 19 heavy (non-hydrogen) atoms. The number of rotatable bonds is 6. The summed E-state index contributed by atoms with van der Waals surface area (Å²) in [6.07, 6.45) is 1.03. The summed E-state index contributed by atoms with van der Waals surface area (Å²) in [4.78, 5) is 22.8. The number of nitriles is 1. The molecule has 1 unspecified atom stereocenters. The van der Waals surface area contributed by atoms with Crippen LogP contribution in [0.15, 0.2) is 24.3 Å². The van der Waals surface area contributed by atoms with Crippen molar-refractivity contribution < 1.29 is 14.7 Å². The van der Waals surface area contributed by atoms with E-state index in [2.05, 4.69) is 5.32 Å². The Balaban J connectivity index is 2.81. The lowest BCUT2D eigenvalue weighted by molar-refractivity contribution is -0.140. The van der Waals surface area contributed by atoms with Crippen molar-refractivity contribution in [3.05, 3.63) is 29.8 Å². The second-order valence-electron chi connectivity index (χ2n) is 4.23. The molecule has 0 bridgehead atoms. The van der Waals surface area contributed by atoms with E-state index >= 15 is 0 Å². The van der Waals surface area contributed by atoms with Crippen molar-refractivity contribution in [3.8, 4) is 6.07 Å². The van der Waals surface area contributed by atoms with Crippen molar-refractivity contribution in [2.45, 2.75) is 26.2 Å². The number of nitrogens with zero attached hydrogens (tertiary/aromatic N) is 1. The molecule has 5 heteroatoms. The number of carbonyl (C=O) groups excluding carboxylic acids is 1. The van der Waals surface area contributed by atoms with Gasteiger partial charge in [-0.1, -0.05) is 25.5 Å². The predicted molar refractivity (Wildman–Crippen MR) is 70.4 cm³/mol. The quantitative estimate of drug-likeness (QED) is 0.821. The summed E-state index contributed by atoms with van der Waals surface area (Å²) in [5.41, 5.74) is 0.780. The van der Waals surface area contributed by atoms with Crippen LogP contribution in [0.2, 0.25) is 0 Å². The highest BCUT2D eigenvalue weighted by atomic mass is 16.4. The number of anilines is 1. The maximum Gasteiger partial charge on any atom is 0.304 e. The van der Waals surface area contributed by atoms with E-state index in [4.69, 9.17) is 10.4 Å². The van der Waals surface area contributed by atoms with E-state index in [1.54, 1.807) is 24.3 Å². The number of benzene rings is 1. The van der Waals surface area contributed by atoms with Gasteiger partial charge in [0.1, 0.15) is 6.07 Å². The lowest BCUT2D eigenvalue weighted by atomic mass is 9.98. The van der Waals surface area contributed by atoms with Crippen molar-refractivity contribution in [3.63, 3.8) is 0 Å². The number of nitrogens with one attached hydrogen (secondary N) is 1. The first-order valence-electron chi connectivity index (χ1n) is 6.10. The largest absolute Gasteiger partial charge is 0.481 e. The minimum absolute atomic E-state index is 0.200. The van der Waals surface area contributed by atoms with Crippen LogP contribution in [0.4, 0.5) is 5.69 Å². The molecular weight excluding hydrogens is 244 g/mol. The molecular formula is C14H16N2O3. The predicted octanol–water partition coefficient (Wildman–Crippen LogP) is 2.39. The van der Waals surface area contributed by atoms with E-state index in [0.717, 1.165) is 6.42 Å². The molecule has 5 nitrogen and oxygen atoms in total. The summed E-state index contributed by atoms with van der Waals surface area (Å²) in [5, 5.41) is 20.3. The molecule has 0 aromatic heterocycles. The molecule has 0 radical (unpaired) electrons.